The molecule has 0 amide bonds. The first-order valence-electron chi connectivity index (χ1n) is 5.62. The Bertz CT molecular complexity index is 499. The molecule has 1 unspecified atom stereocenters. The highest BCUT2D eigenvalue weighted by molar-refractivity contribution is 9.10. The molecule has 0 N–H and O–H groups in total. The molecule has 0 radical (unpaired) electrons. The molecule has 0 aliphatic heterocycles. The zero-order chi connectivity index (χ0) is 13.9. The van der Waals surface area contributed by atoms with E-state index in [4.69, 9.17) is 16.9 Å². The Hall–Kier alpha value is -0.850. The fraction of sp³-hybridized carbons (Fsp3) is 0.429. The third-order valence-electron chi connectivity index (χ3n) is 2.60. The van der Waals surface area contributed by atoms with Crippen LogP contribution in [0.25, 0.3) is 0 Å². The number of nitriles is 1. The second-order valence-corrected chi connectivity index (χ2v) is 6.72. The number of Topliss-reactive ketones (excluding diaryl/α,β-unsaturated/α-hetero) is 1. The topological polar surface area (TPSA) is 40.9 Å². The molecule has 1 atom stereocenters. The maximum atomic E-state index is 12.1. The normalized spacial score (nSPS) is 12.9. The molecule has 96 valence electrons. The van der Waals surface area contributed by atoms with Gasteiger partial charge in [0.1, 0.15) is 0 Å². The van der Waals surface area contributed by atoms with Crippen molar-refractivity contribution in [3.8, 4) is 6.07 Å². The van der Waals surface area contributed by atoms with E-state index in [1.807, 2.05) is 26.8 Å². The van der Waals surface area contributed by atoms with Crippen molar-refractivity contribution in [1.29, 1.82) is 5.26 Å². The molecule has 0 heterocycles. The molecule has 0 saturated heterocycles. The number of carbonyl (C=O) groups excluding carboxylic acids is 1. The van der Waals surface area contributed by atoms with E-state index in [2.05, 4.69) is 15.9 Å². The fourth-order valence-corrected chi connectivity index (χ4v) is 2.83. The smallest absolute Gasteiger partial charge is 0.152 e. The number of benzene rings is 1. The summed E-state index contributed by atoms with van der Waals surface area (Å²) in [6.07, 6.45) is 0.528. The largest absolute Gasteiger partial charge is 0.298 e. The minimum Gasteiger partial charge on any atom is -0.298 e. The Balaban J connectivity index is 2.86. The number of carbonyl (C=O) groups is 1. The van der Waals surface area contributed by atoms with Gasteiger partial charge in [0.05, 0.1) is 16.5 Å². The molecule has 4 heteroatoms. The van der Waals surface area contributed by atoms with Gasteiger partial charge in [0.15, 0.2) is 5.78 Å². The highest BCUT2D eigenvalue weighted by atomic mass is 79.9. The zero-order valence-electron chi connectivity index (χ0n) is 10.6. The van der Waals surface area contributed by atoms with Gasteiger partial charge in [0, 0.05) is 10.4 Å². The Morgan fingerprint density at radius 1 is 1.50 bits per heavy atom. The van der Waals surface area contributed by atoms with Crippen LogP contribution in [0.2, 0.25) is 5.02 Å². The van der Waals surface area contributed by atoms with Gasteiger partial charge in [-0.05, 0) is 24.1 Å². The van der Waals surface area contributed by atoms with E-state index < -0.39 is 0 Å². The van der Waals surface area contributed by atoms with Crippen molar-refractivity contribution < 1.29 is 4.79 Å². The van der Waals surface area contributed by atoms with E-state index >= 15 is 0 Å². The molecule has 0 aliphatic carbocycles. The van der Waals surface area contributed by atoms with Crippen molar-refractivity contribution in [3.05, 3.63) is 34.3 Å². The number of alkyl halides is 1. The predicted molar refractivity (Wildman–Crippen MR) is 77.0 cm³/mol. The summed E-state index contributed by atoms with van der Waals surface area (Å²) in [6, 6.07) is 7.16. The Morgan fingerprint density at radius 3 is 2.56 bits per heavy atom. The summed E-state index contributed by atoms with van der Waals surface area (Å²) in [5.41, 5.74) is 1.01. The molecule has 1 aromatic carbocycles. The van der Waals surface area contributed by atoms with Crippen molar-refractivity contribution >= 4 is 33.3 Å². The van der Waals surface area contributed by atoms with Gasteiger partial charge in [-0.25, -0.2) is 0 Å². The third kappa shape index (κ3) is 3.83. The van der Waals surface area contributed by atoms with Crippen LogP contribution in [-0.2, 0) is 11.2 Å². The lowest BCUT2D eigenvalue weighted by Gasteiger charge is -2.21. The molecule has 0 aromatic heterocycles. The number of rotatable bonds is 3. The van der Waals surface area contributed by atoms with Gasteiger partial charge in [-0.3, -0.25) is 4.79 Å². The van der Waals surface area contributed by atoms with Crippen LogP contribution in [0, 0.1) is 16.7 Å². The molecule has 1 aromatic rings. The molecule has 1 rings (SSSR count). The number of nitrogens with zero attached hydrogens (tertiary/aromatic N) is 1. The maximum absolute atomic E-state index is 12.1. The van der Waals surface area contributed by atoms with Crippen LogP contribution in [0.5, 0.6) is 0 Å². The lowest BCUT2D eigenvalue weighted by atomic mass is 9.87. The van der Waals surface area contributed by atoms with Gasteiger partial charge in [-0.1, -0.05) is 54.4 Å². The standard InChI is InChI=1S/C14H15BrClNO/c1-14(2,3)13(18)11(15)7-10-5-4-9(8-17)6-12(10)16/h4-6,11H,7H2,1-3H3. The van der Waals surface area contributed by atoms with Gasteiger partial charge >= 0.3 is 0 Å². The zero-order valence-corrected chi connectivity index (χ0v) is 13.0. The van der Waals surface area contributed by atoms with Gasteiger partial charge in [-0.15, -0.1) is 0 Å². The van der Waals surface area contributed by atoms with E-state index in [0.717, 1.165) is 5.56 Å². The van der Waals surface area contributed by atoms with Crippen LogP contribution >= 0.6 is 27.5 Å². The summed E-state index contributed by atoms with van der Waals surface area (Å²) in [5.74, 6) is 0.142. The second-order valence-electron chi connectivity index (χ2n) is 5.20. The summed E-state index contributed by atoms with van der Waals surface area (Å²) < 4.78 is 0. The summed E-state index contributed by atoms with van der Waals surface area (Å²) in [6.45, 7) is 5.68. The van der Waals surface area contributed by atoms with Crippen molar-refractivity contribution in [2.24, 2.45) is 5.41 Å². The van der Waals surface area contributed by atoms with E-state index in [9.17, 15) is 4.79 Å². The molecule has 0 spiro atoms. The van der Waals surface area contributed by atoms with Crippen molar-refractivity contribution in [2.45, 2.75) is 32.0 Å². The van der Waals surface area contributed by atoms with Crippen molar-refractivity contribution in [1.82, 2.24) is 0 Å². The number of hydrogen-bond acceptors (Lipinski definition) is 2. The molecule has 2 nitrogen and oxygen atoms in total. The SMILES string of the molecule is CC(C)(C)C(=O)C(Br)Cc1ccc(C#N)cc1Cl. The van der Waals surface area contributed by atoms with Crippen LogP contribution < -0.4 is 0 Å². The molecule has 0 fully saturated rings. The lowest BCUT2D eigenvalue weighted by Crippen LogP contribution is -2.30. The first kappa shape index (κ1) is 15.2. The van der Waals surface area contributed by atoms with Crippen LogP contribution in [0.4, 0.5) is 0 Å². The monoisotopic (exact) mass is 327 g/mol. The van der Waals surface area contributed by atoms with E-state index in [-0.39, 0.29) is 16.0 Å². The molecule has 18 heavy (non-hydrogen) atoms. The minimum atomic E-state index is -0.382. The molecular formula is C14H15BrClNO. The fourth-order valence-electron chi connectivity index (χ4n) is 1.54. The second kappa shape index (κ2) is 5.86. The minimum absolute atomic E-state index is 0.142. The van der Waals surface area contributed by atoms with Crippen molar-refractivity contribution in [2.75, 3.05) is 0 Å². The van der Waals surface area contributed by atoms with Crippen LogP contribution in [-0.4, -0.2) is 10.6 Å². The van der Waals surface area contributed by atoms with Crippen LogP contribution in [0.15, 0.2) is 18.2 Å². The number of ketones is 1. The summed E-state index contributed by atoms with van der Waals surface area (Å²) >= 11 is 9.50. The summed E-state index contributed by atoms with van der Waals surface area (Å²) in [5, 5.41) is 9.29. The average Bonchev–Trinajstić information content (AvgIpc) is 2.29. The molecule has 0 aliphatic rings. The van der Waals surface area contributed by atoms with E-state index in [0.29, 0.717) is 17.0 Å². The maximum Gasteiger partial charge on any atom is 0.152 e. The Kier molecular flexibility index (Phi) is 4.95. The Morgan fingerprint density at radius 2 is 2.11 bits per heavy atom. The summed E-state index contributed by atoms with van der Waals surface area (Å²) in [7, 11) is 0. The highest BCUT2D eigenvalue weighted by Crippen LogP contribution is 2.26. The van der Waals surface area contributed by atoms with Crippen LogP contribution in [0.3, 0.4) is 0 Å². The average molecular weight is 329 g/mol. The van der Waals surface area contributed by atoms with Gasteiger partial charge in [0.25, 0.3) is 0 Å². The first-order chi connectivity index (χ1) is 8.25. The van der Waals surface area contributed by atoms with Crippen LogP contribution in [0.1, 0.15) is 31.9 Å². The quantitative estimate of drug-likeness (QED) is 0.783. The predicted octanol–water partition coefficient (Wildman–Crippen LogP) is 4.13. The molecular weight excluding hydrogens is 314 g/mol. The Labute approximate surface area is 121 Å². The molecule has 0 saturated carbocycles. The molecule has 0 bridgehead atoms. The van der Waals surface area contributed by atoms with Gasteiger partial charge < -0.3 is 0 Å². The lowest BCUT2D eigenvalue weighted by molar-refractivity contribution is -0.125. The highest BCUT2D eigenvalue weighted by Gasteiger charge is 2.28. The number of hydrogen-bond donors (Lipinski definition) is 0. The number of halogens is 2. The third-order valence-corrected chi connectivity index (χ3v) is 3.70. The summed E-state index contributed by atoms with van der Waals surface area (Å²) in [4.78, 5) is 11.8. The van der Waals surface area contributed by atoms with E-state index in [1.54, 1.807) is 18.2 Å². The first-order valence-corrected chi connectivity index (χ1v) is 6.92. The van der Waals surface area contributed by atoms with Crippen molar-refractivity contribution in [3.63, 3.8) is 0 Å². The van der Waals surface area contributed by atoms with Gasteiger partial charge in [0.2, 0.25) is 0 Å². The van der Waals surface area contributed by atoms with E-state index in [1.165, 1.54) is 0 Å². The van der Waals surface area contributed by atoms with Gasteiger partial charge in [-0.2, -0.15) is 5.26 Å².